The third-order valence-corrected chi connectivity index (χ3v) is 7.31. The fraction of sp³-hybridized carbons (Fsp3) is 0.591. The maximum atomic E-state index is 12.5. The molecule has 1 fully saturated rings. The van der Waals surface area contributed by atoms with Crippen molar-refractivity contribution in [3.05, 3.63) is 36.5 Å². The highest BCUT2D eigenvalue weighted by Crippen LogP contribution is 2.15. The Balaban J connectivity index is 1.42. The van der Waals surface area contributed by atoms with Crippen LogP contribution >= 0.6 is 0 Å². The summed E-state index contributed by atoms with van der Waals surface area (Å²) in [4.78, 5) is 6.52. The summed E-state index contributed by atoms with van der Waals surface area (Å²) in [5, 5.41) is 4.68. The maximum Gasteiger partial charge on any atom is 0.216 e. The third-order valence-electron chi connectivity index (χ3n) is 5.47. The number of aromatic nitrogens is 1. The number of sulfonamides is 1. The molecule has 0 bridgehead atoms. The highest BCUT2D eigenvalue weighted by Gasteiger charge is 2.27. The molecule has 1 aliphatic rings. The Bertz CT molecular complexity index is 962. The summed E-state index contributed by atoms with van der Waals surface area (Å²) in [6.45, 7) is 8.00. The molecule has 2 aromatic rings. The molecule has 8 nitrogen and oxygen atoms in total. The Morgan fingerprint density at radius 3 is 2.61 bits per heavy atom. The highest BCUT2D eigenvalue weighted by molar-refractivity contribution is 7.89. The van der Waals surface area contributed by atoms with Crippen LogP contribution in [0, 0.1) is 0 Å². The highest BCUT2D eigenvalue weighted by atomic mass is 32.2. The maximum absolute atomic E-state index is 12.5. The first kappa shape index (κ1) is 23.6. The van der Waals surface area contributed by atoms with Crippen LogP contribution in [0.15, 0.2) is 41.5 Å². The summed E-state index contributed by atoms with van der Waals surface area (Å²) in [6.07, 6.45) is 3.14. The molecular weight excluding hydrogens is 414 g/mol. The molecule has 0 atom stereocenters. The van der Waals surface area contributed by atoms with Crippen LogP contribution in [0.25, 0.3) is 10.9 Å². The topological polar surface area (TPSA) is 79.2 Å². The summed E-state index contributed by atoms with van der Waals surface area (Å²) < 4.78 is 34.3. The fourth-order valence-electron chi connectivity index (χ4n) is 3.81. The average molecular weight is 450 g/mol. The summed E-state index contributed by atoms with van der Waals surface area (Å²) in [5.41, 5.74) is 1.25. The number of benzene rings is 1. The number of rotatable bonds is 9. The lowest BCUT2D eigenvalue weighted by atomic mass is 10.2. The number of aryl methyl sites for hydroxylation is 1. The van der Waals surface area contributed by atoms with E-state index in [1.807, 2.05) is 13.8 Å². The molecule has 0 aliphatic carbocycles. The molecule has 0 radical (unpaired) electrons. The van der Waals surface area contributed by atoms with Crippen LogP contribution in [-0.4, -0.2) is 86.4 Å². The number of fused-ring (bicyclic) bond motifs is 1. The van der Waals surface area contributed by atoms with Crippen LogP contribution in [0.3, 0.4) is 0 Å². The van der Waals surface area contributed by atoms with Crippen LogP contribution in [0.5, 0.6) is 0 Å². The molecule has 1 saturated heterocycles. The van der Waals surface area contributed by atoms with Gasteiger partial charge in [0.1, 0.15) is 0 Å². The minimum Gasteiger partial charge on any atom is -0.378 e. The molecular formula is C22H35N5O3S. The van der Waals surface area contributed by atoms with Gasteiger partial charge in [0, 0.05) is 58.0 Å². The first-order valence-corrected chi connectivity index (χ1v) is 12.6. The van der Waals surface area contributed by atoms with Gasteiger partial charge in [0.15, 0.2) is 5.96 Å². The Labute approximate surface area is 185 Å². The van der Waals surface area contributed by atoms with Crippen molar-refractivity contribution in [2.45, 2.75) is 32.9 Å². The van der Waals surface area contributed by atoms with Crippen LogP contribution in [0.4, 0.5) is 0 Å². The van der Waals surface area contributed by atoms with E-state index in [1.165, 1.54) is 10.9 Å². The Morgan fingerprint density at radius 1 is 1.16 bits per heavy atom. The lowest BCUT2D eigenvalue weighted by molar-refractivity contribution is 0.0904. The van der Waals surface area contributed by atoms with E-state index in [-0.39, 0.29) is 18.5 Å². The second-order valence-corrected chi connectivity index (χ2v) is 10.1. The molecule has 31 heavy (non-hydrogen) atoms. The van der Waals surface area contributed by atoms with E-state index >= 15 is 0 Å². The van der Waals surface area contributed by atoms with E-state index in [9.17, 15) is 8.42 Å². The van der Waals surface area contributed by atoms with Gasteiger partial charge < -0.3 is 19.5 Å². The van der Waals surface area contributed by atoms with Crippen LogP contribution in [0.2, 0.25) is 0 Å². The number of guanidine groups is 1. The zero-order valence-corrected chi connectivity index (χ0v) is 19.6. The van der Waals surface area contributed by atoms with Gasteiger partial charge in [0.2, 0.25) is 10.0 Å². The number of para-hydroxylation sites is 1. The van der Waals surface area contributed by atoms with E-state index in [0.29, 0.717) is 26.2 Å². The first-order valence-electron chi connectivity index (χ1n) is 11.0. The van der Waals surface area contributed by atoms with E-state index < -0.39 is 10.0 Å². The van der Waals surface area contributed by atoms with Crippen LogP contribution < -0.4 is 5.32 Å². The van der Waals surface area contributed by atoms with Gasteiger partial charge in [-0.3, -0.25) is 4.99 Å². The zero-order valence-electron chi connectivity index (χ0n) is 18.8. The van der Waals surface area contributed by atoms with Crippen LogP contribution in [-0.2, 0) is 21.3 Å². The second kappa shape index (κ2) is 11.0. The van der Waals surface area contributed by atoms with E-state index in [0.717, 1.165) is 25.5 Å². The van der Waals surface area contributed by atoms with Gasteiger partial charge in [-0.25, -0.2) is 8.42 Å². The quantitative estimate of drug-likeness (QED) is 0.360. The van der Waals surface area contributed by atoms with Crippen molar-refractivity contribution in [3.63, 3.8) is 0 Å². The molecule has 1 N–H and O–H groups in total. The standard InChI is InChI=1S/C22H35N5O3S/c1-19(2)30-17-18-31(28,29)27-15-13-26(14-16-27)22(23-3)24-10-6-11-25-12-9-20-7-4-5-8-21(20)25/h4-5,7-9,12,19H,6,10-11,13-18H2,1-3H3,(H,23,24). The number of ether oxygens (including phenoxy) is 1. The van der Waals surface area contributed by atoms with Crippen molar-refractivity contribution in [1.82, 2.24) is 19.1 Å². The molecule has 172 valence electrons. The van der Waals surface area contributed by atoms with Gasteiger partial charge in [-0.15, -0.1) is 0 Å². The van der Waals surface area contributed by atoms with E-state index in [1.54, 1.807) is 11.4 Å². The summed E-state index contributed by atoms with van der Waals surface area (Å²) in [6, 6.07) is 10.5. The van der Waals surface area contributed by atoms with Gasteiger partial charge in [0.25, 0.3) is 0 Å². The second-order valence-electron chi connectivity index (χ2n) is 8.02. The molecule has 0 saturated carbocycles. The summed E-state index contributed by atoms with van der Waals surface area (Å²) in [7, 11) is -1.51. The monoisotopic (exact) mass is 449 g/mol. The normalized spacial score (nSPS) is 16.4. The fourth-order valence-corrected chi connectivity index (χ4v) is 5.10. The molecule has 1 aromatic carbocycles. The zero-order chi connectivity index (χ0) is 22.3. The molecule has 1 aromatic heterocycles. The molecule has 0 unspecified atom stereocenters. The number of nitrogens with one attached hydrogen (secondary N) is 1. The Morgan fingerprint density at radius 2 is 1.90 bits per heavy atom. The number of piperazine rings is 1. The lowest BCUT2D eigenvalue weighted by Gasteiger charge is -2.35. The summed E-state index contributed by atoms with van der Waals surface area (Å²) in [5.74, 6) is 0.865. The van der Waals surface area contributed by atoms with Crippen molar-refractivity contribution in [1.29, 1.82) is 0 Å². The molecule has 3 rings (SSSR count). The van der Waals surface area contributed by atoms with Crippen molar-refractivity contribution in [3.8, 4) is 0 Å². The number of aliphatic imine (C=N–C) groups is 1. The average Bonchev–Trinajstić information content (AvgIpc) is 3.17. The SMILES string of the molecule is CN=C(NCCCn1ccc2ccccc21)N1CCN(S(=O)(=O)CCOC(C)C)CC1. The van der Waals surface area contributed by atoms with Crippen molar-refractivity contribution < 1.29 is 13.2 Å². The molecule has 9 heteroatoms. The minimum absolute atomic E-state index is 0.0340. The summed E-state index contributed by atoms with van der Waals surface area (Å²) >= 11 is 0. The van der Waals surface area contributed by atoms with Crippen molar-refractivity contribution in [2.75, 3.05) is 52.1 Å². The van der Waals surface area contributed by atoms with Gasteiger partial charge in [-0.2, -0.15) is 4.31 Å². The Hall–Kier alpha value is -2.10. The molecule has 0 spiro atoms. The van der Waals surface area contributed by atoms with Gasteiger partial charge in [-0.1, -0.05) is 18.2 Å². The number of hydrogen-bond acceptors (Lipinski definition) is 4. The minimum atomic E-state index is -3.28. The van der Waals surface area contributed by atoms with Crippen LogP contribution in [0.1, 0.15) is 20.3 Å². The van der Waals surface area contributed by atoms with Gasteiger partial charge in [0.05, 0.1) is 18.5 Å². The molecule has 2 heterocycles. The van der Waals surface area contributed by atoms with E-state index in [2.05, 4.69) is 56.3 Å². The molecule has 1 aliphatic heterocycles. The third kappa shape index (κ3) is 6.44. The first-order chi connectivity index (χ1) is 14.9. The molecule has 0 amide bonds. The van der Waals surface area contributed by atoms with E-state index in [4.69, 9.17) is 4.74 Å². The smallest absolute Gasteiger partial charge is 0.216 e. The van der Waals surface area contributed by atoms with Gasteiger partial charge >= 0.3 is 0 Å². The van der Waals surface area contributed by atoms with Crippen molar-refractivity contribution in [2.24, 2.45) is 4.99 Å². The predicted molar refractivity (Wildman–Crippen MR) is 126 cm³/mol. The predicted octanol–water partition coefficient (Wildman–Crippen LogP) is 1.98. The number of hydrogen-bond donors (Lipinski definition) is 1. The van der Waals surface area contributed by atoms with Gasteiger partial charge in [-0.05, 0) is 37.8 Å². The largest absolute Gasteiger partial charge is 0.378 e. The van der Waals surface area contributed by atoms with Crippen molar-refractivity contribution >= 4 is 26.9 Å². The lowest BCUT2D eigenvalue weighted by Crippen LogP contribution is -2.54. The number of nitrogens with zero attached hydrogens (tertiary/aromatic N) is 4. The Kier molecular flexibility index (Phi) is 8.34.